The van der Waals surface area contributed by atoms with Crippen LogP contribution >= 0.6 is 0 Å². The number of likely N-dealkylation sites (N-methyl/N-ethyl adjacent to an activating group) is 1. The van der Waals surface area contributed by atoms with E-state index in [9.17, 15) is 9.59 Å². The van der Waals surface area contributed by atoms with Crippen molar-refractivity contribution in [1.82, 2.24) is 4.90 Å². The molecule has 0 atom stereocenters. The lowest BCUT2D eigenvalue weighted by Crippen LogP contribution is -2.30. The molecule has 0 spiro atoms. The van der Waals surface area contributed by atoms with E-state index in [4.69, 9.17) is 10.8 Å². The van der Waals surface area contributed by atoms with Gasteiger partial charge in [0.15, 0.2) is 0 Å². The van der Waals surface area contributed by atoms with E-state index in [1.54, 1.807) is 25.2 Å². The molecule has 0 bridgehead atoms. The molecule has 1 aromatic carbocycles. The minimum absolute atomic E-state index is 0.0425. The fourth-order valence-electron chi connectivity index (χ4n) is 1.40. The number of nitrogen functional groups attached to an aromatic ring is 1. The normalized spacial score (nSPS) is 9.94. The van der Waals surface area contributed by atoms with Gasteiger partial charge in [0.25, 0.3) is 0 Å². The number of carboxylic acids is 1. The molecule has 0 aliphatic heterocycles. The number of nitrogens with zero attached hydrogens (tertiary/aromatic N) is 1. The molecular formula is C12H16N2O3. The Bertz CT molecular complexity index is 418. The Balaban J connectivity index is 2.51. The van der Waals surface area contributed by atoms with E-state index in [1.807, 2.05) is 6.07 Å². The summed E-state index contributed by atoms with van der Waals surface area (Å²) in [6.07, 6.45) is 0.195. The monoisotopic (exact) mass is 236 g/mol. The first kappa shape index (κ1) is 13.0. The molecule has 0 aliphatic carbocycles. The average Bonchev–Trinajstić information content (AvgIpc) is 2.25. The Kier molecular flexibility index (Phi) is 4.51. The van der Waals surface area contributed by atoms with Crippen molar-refractivity contribution in [3.05, 3.63) is 29.8 Å². The molecule has 0 unspecified atom stereocenters. The molecule has 1 rings (SSSR count). The predicted octanol–water partition coefficient (Wildman–Crippen LogP) is 0.744. The number of amides is 1. The van der Waals surface area contributed by atoms with Gasteiger partial charge in [0.05, 0.1) is 12.8 Å². The second-order valence-electron chi connectivity index (χ2n) is 3.88. The van der Waals surface area contributed by atoms with Crippen LogP contribution in [0.5, 0.6) is 0 Å². The second kappa shape index (κ2) is 5.89. The maximum atomic E-state index is 11.7. The summed E-state index contributed by atoms with van der Waals surface area (Å²) in [5.41, 5.74) is 7.05. The number of carbonyl (C=O) groups excluding carboxylic acids is 1. The largest absolute Gasteiger partial charge is 0.481 e. The molecule has 0 radical (unpaired) electrons. The number of hydrogen-bond donors (Lipinski definition) is 2. The predicted molar refractivity (Wildman–Crippen MR) is 64.4 cm³/mol. The van der Waals surface area contributed by atoms with E-state index >= 15 is 0 Å². The number of aliphatic carboxylic acids is 1. The SMILES string of the molecule is CN(CCC(=O)O)C(=O)Cc1cccc(N)c1. The van der Waals surface area contributed by atoms with E-state index < -0.39 is 5.97 Å². The van der Waals surface area contributed by atoms with E-state index in [1.165, 1.54) is 4.90 Å². The first-order valence-corrected chi connectivity index (χ1v) is 5.29. The molecule has 0 aromatic heterocycles. The third kappa shape index (κ3) is 4.55. The zero-order chi connectivity index (χ0) is 12.8. The molecule has 0 fully saturated rings. The van der Waals surface area contributed by atoms with Crippen LogP contribution < -0.4 is 5.73 Å². The minimum atomic E-state index is -0.909. The van der Waals surface area contributed by atoms with Gasteiger partial charge in [-0.1, -0.05) is 12.1 Å². The highest BCUT2D eigenvalue weighted by atomic mass is 16.4. The highest BCUT2D eigenvalue weighted by Gasteiger charge is 2.10. The number of carboxylic acid groups (broad SMARTS) is 1. The summed E-state index contributed by atoms with van der Waals surface area (Å²) in [5, 5.41) is 8.52. The van der Waals surface area contributed by atoms with Gasteiger partial charge >= 0.3 is 5.97 Å². The first-order chi connectivity index (χ1) is 7.99. The number of nitrogens with two attached hydrogens (primary N) is 1. The van der Waals surface area contributed by atoms with Crippen LogP contribution in [-0.2, 0) is 16.0 Å². The molecule has 0 heterocycles. The fraction of sp³-hybridized carbons (Fsp3) is 0.333. The maximum absolute atomic E-state index is 11.7. The summed E-state index contributed by atoms with van der Waals surface area (Å²) in [5.74, 6) is -1.02. The van der Waals surface area contributed by atoms with Crippen molar-refractivity contribution in [1.29, 1.82) is 0 Å². The molecule has 92 valence electrons. The fourth-order valence-corrected chi connectivity index (χ4v) is 1.40. The number of carbonyl (C=O) groups is 2. The minimum Gasteiger partial charge on any atom is -0.481 e. The van der Waals surface area contributed by atoms with Crippen molar-refractivity contribution in [3.8, 4) is 0 Å². The quantitative estimate of drug-likeness (QED) is 0.739. The summed E-state index contributed by atoms with van der Waals surface area (Å²) in [6.45, 7) is 0.219. The third-order valence-electron chi connectivity index (χ3n) is 2.39. The number of hydrogen-bond acceptors (Lipinski definition) is 3. The van der Waals surface area contributed by atoms with Gasteiger partial charge in [-0.15, -0.1) is 0 Å². The van der Waals surface area contributed by atoms with Gasteiger partial charge in [-0.3, -0.25) is 9.59 Å². The molecule has 1 aromatic rings. The highest BCUT2D eigenvalue weighted by Crippen LogP contribution is 2.08. The van der Waals surface area contributed by atoms with E-state index in [0.29, 0.717) is 5.69 Å². The number of benzene rings is 1. The van der Waals surface area contributed by atoms with Gasteiger partial charge in [0.2, 0.25) is 5.91 Å². The lowest BCUT2D eigenvalue weighted by atomic mass is 10.1. The van der Waals surface area contributed by atoms with Crippen LogP contribution in [0.25, 0.3) is 0 Å². The number of rotatable bonds is 5. The summed E-state index contributed by atoms with van der Waals surface area (Å²) < 4.78 is 0. The van der Waals surface area contributed by atoms with Crippen molar-refractivity contribution in [2.75, 3.05) is 19.3 Å². The van der Waals surface area contributed by atoms with Crippen molar-refractivity contribution in [3.63, 3.8) is 0 Å². The van der Waals surface area contributed by atoms with Gasteiger partial charge < -0.3 is 15.7 Å². The summed E-state index contributed by atoms with van der Waals surface area (Å²) >= 11 is 0. The van der Waals surface area contributed by atoms with Crippen LogP contribution in [0.4, 0.5) is 5.69 Å². The molecule has 1 amide bonds. The Morgan fingerprint density at radius 1 is 1.41 bits per heavy atom. The van der Waals surface area contributed by atoms with Crippen LogP contribution in [0.2, 0.25) is 0 Å². The summed E-state index contributed by atoms with van der Waals surface area (Å²) in [6, 6.07) is 7.10. The topological polar surface area (TPSA) is 83.6 Å². The van der Waals surface area contributed by atoms with E-state index in [-0.39, 0.29) is 25.3 Å². The summed E-state index contributed by atoms with van der Waals surface area (Å²) in [7, 11) is 1.59. The molecular weight excluding hydrogens is 220 g/mol. The molecule has 5 heteroatoms. The second-order valence-corrected chi connectivity index (χ2v) is 3.88. The average molecular weight is 236 g/mol. The van der Waals surface area contributed by atoms with Crippen LogP contribution in [-0.4, -0.2) is 35.5 Å². The smallest absolute Gasteiger partial charge is 0.305 e. The van der Waals surface area contributed by atoms with Crippen molar-refractivity contribution in [2.45, 2.75) is 12.8 Å². The Labute approximate surface area is 99.8 Å². The molecule has 5 nitrogen and oxygen atoms in total. The van der Waals surface area contributed by atoms with Gasteiger partial charge in [0, 0.05) is 19.3 Å². The highest BCUT2D eigenvalue weighted by molar-refractivity contribution is 5.79. The zero-order valence-electron chi connectivity index (χ0n) is 9.72. The van der Waals surface area contributed by atoms with Gasteiger partial charge in [-0.2, -0.15) is 0 Å². The molecule has 3 N–H and O–H groups in total. The Morgan fingerprint density at radius 2 is 2.12 bits per heavy atom. The molecule has 17 heavy (non-hydrogen) atoms. The van der Waals surface area contributed by atoms with Crippen molar-refractivity contribution < 1.29 is 14.7 Å². The lowest BCUT2D eigenvalue weighted by molar-refractivity contribution is -0.138. The Morgan fingerprint density at radius 3 is 2.71 bits per heavy atom. The molecule has 0 saturated carbocycles. The third-order valence-corrected chi connectivity index (χ3v) is 2.39. The van der Waals surface area contributed by atoms with E-state index in [2.05, 4.69) is 0 Å². The van der Waals surface area contributed by atoms with Gasteiger partial charge in [0.1, 0.15) is 0 Å². The number of anilines is 1. The van der Waals surface area contributed by atoms with Crippen molar-refractivity contribution >= 4 is 17.6 Å². The van der Waals surface area contributed by atoms with Gasteiger partial charge in [-0.25, -0.2) is 0 Å². The van der Waals surface area contributed by atoms with Gasteiger partial charge in [-0.05, 0) is 17.7 Å². The maximum Gasteiger partial charge on any atom is 0.305 e. The lowest BCUT2D eigenvalue weighted by Gasteiger charge is -2.16. The zero-order valence-corrected chi connectivity index (χ0v) is 9.72. The van der Waals surface area contributed by atoms with E-state index in [0.717, 1.165) is 5.56 Å². The van der Waals surface area contributed by atoms with Crippen molar-refractivity contribution in [2.24, 2.45) is 0 Å². The summed E-state index contributed by atoms with van der Waals surface area (Å²) in [4.78, 5) is 23.5. The van der Waals surface area contributed by atoms with Crippen LogP contribution in [0.15, 0.2) is 24.3 Å². The first-order valence-electron chi connectivity index (χ1n) is 5.29. The van der Waals surface area contributed by atoms with Crippen LogP contribution in [0.1, 0.15) is 12.0 Å². The molecule has 0 saturated heterocycles. The standard InChI is InChI=1S/C12H16N2O3/c1-14(6-5-12(16)17)11(15)8-9-3-2-4-10(13)7-9/h2-4,7H,5-6,8,13H2,1H3,(H,16,17). The van der Waals surface area contributed by atoms with Crippen LogP contribution in [0, 0.1) is 0 Å². The molecule has 0 aliphatic rings. The van der Waals surface area contributed by atoms with Crippen LogP contribution in [0.3, 0.4) is 0 Å². The Hall–Kier alpha value is -2.04.